The molecule has 0 saturated heterocycles. The Morgan fingerprint density at radius 1 is 0.737 bits per heavy atom. The highest BCUT2D eigenvalue weighted by atomic mass is 14.2. The largest absolute Gasteiger partial charge is 0.0646 e. The molecule has 0 heteroatoms. The summed E-state index contributed by atoms with van der Waals surface area (Å²) in [5.74, 6) is 0. The van der Waals surface area contributed by atoms with Crippen molar-refractivity contribution in [1.29, 1.82) is 0 Å². The lowest BCUT2D eigenvalue weighted by Gasteiger charge is -2.23. The summed E-state index contributed by atoms with van der Waals surface area (Å²) >= 11 is 0. The Morgan fingerprint density at radius 2 is 1.21 bits per heavy atom. The number of hydrogen-bond donors (Lipinski definition) is 0. The zero-order valence-corrected chi connectivity index (χ0v) is 12.5. The van der Waals surface area contributed by atoms with Crippen LogP contribution in [-0.4, -0.2) is 0 Å². The monoisotopic (exact) mass is 252 g/mol. The molecule has 0 aromatic heterocycles. The zero-order chi connectivity index (χ0) is 13.9. The molecule has 100 valence electrons. The van der Waals surface area contributed by atoms with Gasteiger partial charge in [0.05, 0.1) is 0 Å². The molecule has 0 aliphatic carbocycles. The van der Waals surface area contributed by atoms with E-state index in [1.54, 1.807) is 0 Å². The highest BCUT2D eigenvalue weighted by Gasteiger charge is 2.17. The number of aryl methyl sites for hydroxylation is 1. The third-order valence-electron chi connectivity index (χ3n) is 4.25. The molecule has 0 bridgehead atoms. The maximum atomic E-state index is 2.30. The van der Waals surface area contributed by atoms with Crippen LogP contribution >= 0.6 is 0 Å². The Kier molecular flexibility index (Phi) is 4.09. The van der Waals surface area contributed by atoms with E-state index in [9.17, 15) is 0 Å². The van der Waals surface area contributed by atoms with Crippen LogP contribution in [0.4, 0.5) is 0 Å². The van der Waals surface area contributed by atoms with E-state index in [1.807, 2.05) is 0 Å². The van der Waals surface area contributed by atoms with Gasteiger partial charge in [0.2, 0.25) is 0 Å². The van der Waals surface area contributed by atoms with Crippen molar-refractivity contribution in [2.75, 3.05) is 0 Å². The molecular weight excluding hydrogens is 228 g/mol. The molecule has 0 fully saturated rings. The predicted octanol–water partition coefficient (Wildman–Crippen LogP) is 5.60. The van der Waals surface area contributed by atoms with Crippen LogP contribution in [0.15, 0.2) is 48.5 Å². The summed E-state index contributed by atoms with van der Waals surface area (Å²) < 4.78 is 0. The van der Waals surface area contributed by atoms with Crippen LogP contribution in [0.2, 0.25) is 0 Å². The van der Waals surface area contributed by atoms with Gasteiger partial charge in [-0.05, 0) is 40.5 Å². The second-order valence-electron chi connectivity index (χ2n) is 5.87. The molecule has 0 amide bonds. The Morgan fingerprint density at radius 3 is 1.63 bits per heavy atom. The molecule has 0 nitrogen and oxygen atoms in total. The Labute approximate surface area is 117 Å². The third kappa shape index (κ3) is 3.07. The van der Waals surface area contributed by atoms with Gasteiger partial charge in [0.15, 0.2) is 0 Å². The maximum Gasteiger partial charge on any atom is -0.0106 e. The highest BCUT2D eigenvalue weighted by molar-refractivity contribution is 5.64. The van der Waals surface area contributed by atoms with Crippen molar-refractivity contribution in [2.45, 2.75) is 46.0 Å². The Bertz CT molecular complexity index is 515. The molecule has 0 aliphatic heterocycles. The topological polar surface area (TPSA) is 0 Å². The van der Waals surface area contributed by atoms with Gasteiger partial charge in [0.1, 0.15) is 0 Å². The number of rotatable bonds is 4. The molecule has 19 heavy (non-hydrogen) atoms. The van der Waals surface area contributed by atoms with Gasteiger partial charge in [-0.3, -0.25) is 0 Å². The van der Waals surface area contributed by atoms with Crippen molar-refractivity contribution in [3.63, 3.8) is 0 Å². The standard InChI is InChI=1S/C19H24/c1-5-15-7-9-16(10-8-15)17-11-13-18(14-12-17)19(3,4)6-2/h7-14H,5-6H2,1-4H3. The second-order valence-corrected chi connectivity index (χ2v) is 5.87. The first kappa shape index (κ1) is 13.9. The van der Waals surface area contributed by atoms with Gasteiger partial charge in [-0.15, -0.1) is 0 Å². The van der Waals surface area contributed by atoms with Crippen LogP contribution in [-0.2, 0) is 11.8 Å². The van der Waals surface area contributed by atoms with Gasteiger partial charge in [-0.1, -0.05) is 76.2 Å². The molecule has 0 heterocycles. The molecule has 0 atom stereocenters. The van der Waals surface area contributed by atoms with Crippen molar-refractivity contribution >= 4 is 0 Å². The van der Waals surface area contributed by atoms with Crippen molar-refractivity contribution < 1.29 is 0 Å². The lowest BCUT2D eigenvalue weighted by molar-refractivity contribution is 0.506. The van der Waals surface area contributed by atoms with Crippen LogP contribution in [0.5, 0.6) is 0 Å². The molecule has 0 saturated carbocycles. The van der Waals surface area contributed by atoms with Gasteiger partial charge < -0.3 is 0 Å². The minimum Gasteiger partial charge on any atom is -0.0646 e. The predicted molar refractivity (Wildman–Crippen MR) is 84.6 cm³/mol. The fourth-order valence-corrected chi connectivity index (χ4v) is 2.25. The molecular formula is C19H24. The van der Waals surface area contributed by atoms with Gasteiger partial charge in [0, 0.05) is 0 Å². The summed E-state index contributed by atoms with van der Waals surface area (Å²) in [5, 5.41) is 0. The van der Waals surface area contributed by atoms with Crippen LogP contribution in [0.25, 0.3) is 11.1 Å². The maximum absolute atomic E-state index is 2.30. The molecule has 0 aliphatic rings. The van der Waals surface area contributed by atoms with Gasteiger partial charge in [0.25, 0.3) is 0 Å². The third-order valence-corrected chi connectivity index (χ3v) is 4.25. The van der Waals surface area contributed by atoms with Gasteiger partial charge in [-0.25, -0.2) is 0 Å². The SMILES string of the molecule is CCc1ccc(-c2ccc(C(C)(C)CC)cc2)cc1. The zero-order valence-electron chi connectivity index (χ0n) is 12.5. The minimum absolute atomic E-state index is 0.268. The second kappa shape index (κ2) is 5.61. The molecule has 2 rings (SSSR count). The lowest BCUT2D eigenvalue weighted by Crippen LogP contribution is -2.14. The fraction of sp³-hybridized carbons (Fsp3) is 0.368. The van der Waals surface area contributed by atoms with E-state index >= 15 is 0 Å². The fourth-order valence-electron chi connectivity index (χ4n) is 2.25. The van der Waals surface area contributed by atoms with E-state index in [4.69, 9.17) is 0 Å². The average Bonchev–Trinajstić information content (AvgIpc) is 2.47. The normalized spacial score (nSPS) is 11.6. The van der Waals surface area contributed by atoms with E-state index in [0.29, 0.717) is 0 Å². The summed E-state index contributed by atoms with van der Waals surface area (Å²) in [7, 11) is 0. The first-order valence-electron chi connectivity index (χ1n) is 7.26. The van der Waals surface area contributed by atoms with Crippen LogP contribution < -0.4 is 0 Å². The van der Waals surface area contributed by atoms with Crippen LogP contribution in [0.3, 0.4) is 0 Å². The molecule has 2 aromatic rings. The van der Waals surface area contributed by atoms with Crippen molar-refractivity contribution in [2.24, 2.45) is 0 Å². The minimum atomic E-state index is 0.268. The van der Waals surface area contributed by atoms with E-state index in [2.05, 4.69) is 76.2 Å². The summed E-state index contributed by atoms with van der Waals surface area (Å²) in [4.78, 5) is 0. The lowest BCUT2D eigenvalue weighted by atomic mass is 9.82. The summed E-state index contributed by atoms with van der Waals surface area (Å²) in [6, 6.07) is 17.9. The van der Waals surface area contributed by atoms with Crippen molar-refractivity contribution in [1.82, 2.24) is 0 Å². The van der Waals surface area contributed by atoms with E-state index in [-0.39, 0.29) is 5.41 Å². The summed E-state index contributed by atoms with van der Waals surface area (Å²) in [6.07, 6.45) is 2.27. The van der Waals surface area contributed by atoms with Crippen molar-refractivity contribution in [3.05, 3.63) is 59.7 Å². The Hall–Kier alpha value is -1.56. The highest BCUT2D eigenvalue weighted by Crippen LogP contribution is 2.29. The summed E-state index contributed by atoms with van der Waals surface area (Å²) in [6.45, 7) is 9.05. The Balaban J connectivity index is 2.27. The van der Waals surface area contributed by atoms with Crippen LogP contribution in [0, 0.1) is 0 Å². The molecule has 2 aromatic carbocycles. The quantitative estimate of drug-likeness (QED) is 0.664. The first-order valence-corrected chi connectivity index (χ1v) is 7.26. The van der Waals surface area contributed by atoms with E-state index < -0.39 is 0 Å². The molecule has 0 spiro atoms. The number of benzene rings is 2. The van der Waals surface area contributed by atoms with Gasteiger partial charge >= 0.3 is 0 Å². The van der Waals surface area contributed by atoms with Crippen LogP contribution in [0.1, 0.15) is 45.2 Å². The first-order chi connectivity index (χ1) is 9.06. The van der Waals surface area contributed by atoms with E-state index in [1.165, 1.54) is 22.3 Å². The molecule has 0 unspecified atom stereocenters. The van der Waals surface area contributed by atoms with Gasteiger partial charge in [-0.2, -0.15) is 0 Å². The van der Waals surface area contributed by atoms with E-state index in [0.717, 1.165) is 12.8 Å². The molecule has 0 radical (unpaired) electrons. The smallest absolute Gasteiger partial charge is 0.0106 e. The van der Waals surface area contributed by atoms with Crippen molar-refractivity contribution in [3.8, 4) is 11.1 Å². The average molecular weight is 252 g/mol. The number of hydrogen-bond acceptors (Lipinski definition) is 0. The molecule has 0 N–H and O–H groups in total. The summed E-state index contributed by atoms with van der Waals surface area (Å²) in [5.41, 5.74) is 5.69.